The molecular weight excluding hydrogens is 396 g/mol. The third-order valence-corrected chi connectivity index (χ3v) is 6.43. The van der Waals surface area contributed by atoms with Crippen LogP contribution in [0.4, 0.5) is 0 Å². The van der Waals surface area contributed by atoms with Crippen LogP contribution >= 0.6 is 0 Å². The minimum Gasteiger partial charge on any atom is -0.468 e. The minimum absolute atomic E-state index is 0.113. The average molecular weight is 423 g/mol. The molecule has 1 aromatic heterocycles. The minimum atomic E-state index is -3.87. The van der Waals surface area contributed by atoms with Crippen LogP contribution in [0.15, 0.2) is 52.0 Å². The zero-order valence-corrected chi connectivity index (χ0v) is 17.5. The number of furan rings is 1. The van der Waals surface area contributed by atoms with Crippen molar-refractivity contribution >= 4 is 21.7 Å². The Kier molecular flexibility index (Phi) is 7.98. The summed E-state index contributed by atoms with van der Waals surface area (Å²) in [5, 5.41) is 3.58. The van der Waals surface area contributed by atoms with Gasteiger partial charge in [0, 0.05) is 20.2 Å². The van der Waals surface area contributed by atoms with Crippen LogP contribution in [0.5, 0.6) is 0 Å². The molecule has 0 unspecified atom stereocenters. The molecule has 1 atom stereocenters. The second kappa shape index (κ2) is 10.2. The number of hydrogen-bond acceptors (Lipinski definition) is 6. The van der Waals surface area contributed by atoms with Gasteiger partial charge in [-0.05, 0) is 35.7 Å². The molecule has 29 heavy (non-hydrogen) atoms. The molecule has 2 N–H and O–H groups in total. The molecule has 2 aromatic rings. The highest BCUT2D eigenvalue weighted by Gasteiger charge is 2.32. The van der Waals surface area contributed by atoms with E-state index in [9.17, 15) is 18.0 Å². The molecule has 0 saturated heterocycles. The van der Waals surface area contributed by atoms with E-state index < -0.39 is 26.9 Å². The second-order valence-electron chi connectivity index (χ2n) is 6.73. The van der Waals surface area contributed by atoms with Crippen molar-refractivity contribution in [2.45, 2.75) is 29.9 Å². The predicted octanol–water partition coefficient (Wildman–Crippen LogP) is 1.80. The van der Waals surface area contributed by atoms with Crippen molar-refractivity contribution < 1.29 is 27.2 Å². The zero-order valence-electron chi connectivity index (χ0n) is 16.7. The van der Waals surface area contributed by atoms with Crippen molar-refractivity contribution in [3.8, 4) is 0 Å². The number of carbonyl (C=O) groups is 2. The average Bonchev–Trinajstić information content (AvgIpc) is 3.22. The van der Waals surface area contributed by atoms with Gasteiger partial charge in [0.25, 0.3) is 0 Å². The lowest BCUT2D eigenvalue weighted by molar-refractivity contribution is -0.139. The Hall–Kier alpha value is -2.65. The van der Waals surface area contributed by atoms with E-state index in [0.717, 1.165) is 5.56 Å². The lowest BCUT2D eigenvalue weighted by atomic mass is 10.0. The number of sulfone groups is 1. The van der Waals surface area contributed by atoms with Gasteiger partial charge < -0.3 is 19.8 Å². The molecule has 1 heterocycles. The Morgan fingerprint density at radius 3 is 2.28 bits per heavy atom. The molecular formula is C20H26N2O6S. The van der Waals surface area contributed by atoms with Gasteiger partial charge >= 0.3 is 11.8 Å². The Labute approximate surface area is 170 Å². The second-order valence-corrected chi connectivity index (χ2v) is 8.86. The lowest BCUT2D eigenvalue weighted by Gasteiger charge is -2.17. The van der Waals surface area contributed by atoms with Gasteiger partial charge in [0.1, 0.15) is 11.0 Å². The maximum absolute atomic E-state index is 13.2. The highest BCUT2D eigenvalue weighted by Crippen LogP contribution is 2.29. The molecule has 1 aromatic carbocycles. The molecule has 2 rings (SSSR count). The topological polar surface area (TPSA) is 115 Å². The summed E-state index contributed by atoms with van der Waals surface area (Å²) in [5.41, 5.74) is 1.01. The van der Waals surface area contributed by atoms with Crippen molar-refractivity contribution in [3.05, 3.63) is 54.0 Å². The monoisotopic (exact) mass is 422 g/mol. The summed E-state index contributed by atoms with van der Waals surface area (Å²) in [5.74, 6) is -1.34. The van der Waals surface area contributed by atoms with Crippen molar-refractivity contribution in [1.82, 2.24) is 10.6 Å². The fraction of sp³-hybridized carbons (Fsp3) is 0.400. The number of hydrogen-bond donors (Lipinski definition) is 2. The van der Waals surface area contributed by atoms with Crippen LogP contribution in [0.2, 0.25) is 0 Å². The van der Waals surface area contributed by atoms with Crippen LogP contribution in [0.25, 0.3) is 0 Å². The van der Waals surface area contributed by atoms with E-state index in [-0.39, 0.29) is 36.3 Å². The van der Waals surface area contributed by atoms with Crippen LogP contribution in [0, 0.1) is 0 Å². The molecule has 0 spiro atoms. The van der Waals surface area contributed by atoms with Crippen LogP contribution in [-0.2, 0) is 24.2 Å². The molecule has 0 bridgehead atoms. The summed E-state index contributed by atoms with van der Waals surface area (Å²) in [6.07, 6.45) is 1.36. The third-order valence-electron chi connectivity index (χ3n) is 4.36. The summed E-state index contributed by atoms with van der Waals surface area (Å²) in [6, 6.07) is 9.70. The first-order chi connectivity index (χ1) is 13.8. The Morgan fingerprint density at radius 1 is 1.07 bits per heavy atom. The molecule has 0 aliphatic heterocycles. The number of benzene rings is 1. The number of carbonyl (C=O) groups excluding carboxylic acids is 2. The van der Waals surface area contributed by atoms with Crippen LogP contribution in [0.3, 0.4) is 0 Å². The fourth-order valence-corrected chi connectivity index (χ4v) is 4.24. The Morgan fingerprint density at radius 2 is 1.72 bits per heavy atom. The summed E-state index contributed by atoms with van der Waals surface area (Å²) in [7, 11) is -2.40. The van der Waals surface area contributed by atoms with Crippen molar-refractivity contribution in [3.63, 3.8) is 0 Å². The fourth-order valence-electron chi connectivity index (χ4n) is 2.66. The Bertz CT molecular complexity index is 905. The van der Waals surface area contributed by atoms with E-state index >= 15 is 0 Å². The SMILES string of the molecule is COCCNC(=O)C(=O)NC[C@@H](c1ccco1)S(=O)(=O)c1ccc(C(C)C)cc1. The molecule has 0 fully saturated rings. The van der Waals surface area contributed by atoms with Gasteiger partial charge in [0.2, 0.25) is 0 Å². The number of rotatable bonds is 9. The largest absolute Gasteiger partial charge is 0.468 e. The normalized spacial score (nSPS) is 12.6. The van der Waals surface area contributed by atoms with Gasteiger partial charge in [-0.15, -0.1) is 0 Å². The number of amides is 2. The van der Waals surface area contributed by atoms with E-state index in [1.54, 1.807) is 30.3 Å². The van der Waals surface area contributed by atoms with Crippen LogP contribution in [-0.4, -0.2) is 47.0 Å². The van der Waals surface area contributed by atoms with Gasteiger partial charge in [-0.25, -0.2) is 8.42 Å². The van der Waals surface area contributed by atoms with E-state index in [1.807, 2.05) is 13.8 Å². The van der Waals surface area contributed by atoms with Gasteiger partial charge in [-0.3, -0.25) is 9.59 Å². The van der Waals surface area contributed by atoms with E-state index in [1.165, 1.54) is 19.4 Å². The summed E-state index contributed by atoms with van der Waals surface area (Å²) >= 11 is 0. The van der Waals surface area contributed by atoms with E-state index in [4.69, 9.17) is 9.15 Å². The first-order valence-corrected chi connectivity index (χ1v) is 10.7. The van der Waals surface area contributed by atoms with E-state index in [0.29, 0.717) is 0 Å². The van der Waals surface area contributed by atoms with E-state index in [2.05, 4.69) is 10.6 Å². The van der Waals surface area contributed by atoms with Gasteiger partial charge in [0.15, 0.2) is 9.84 Å². The molecule has 8 nitrogen and oxygen atoms in total. The predicted molar refractivity (Wildman–Crippen MR) is 107 cm³/mol. The first kappa shape index (κ1) is 22.6. The molecule has 9 heteroatoms. The number of nitrogens with one attached hydrogen (secondary N) is 2. The van der Waals surface area contributed by atoms with Gasteiger partial charge in [0.05, 0.1) is 17.8 Å². The molecule has 0 aliphatic carbocycles. The van der Waals surface area contributed by atoms with Crippen molar-refractivity contribution in [1.29, 1.82) is 0 Å². The highest BCUT2D eigenvalue weighted by molar-refractivity contribution is 7.91. The molecule has 0 saturated carbocycles. The molecule has 2 amide bonds. The maximum atomic E-state index is 13.2. The Balaban J connectivity index is 2.18. The van der Waals surface area contributed by atoms with Gasteiger partial charge in [-0.1, -0.05) is 26.0 Å². The third kappa shape index (κ3) is 5.91. The standard InChI is InChI=1S/C20H26N2O6S/c1-14(2)15-6-8-16(9-7-15)29(25,26)18(17-5-4-11-28-17)13-22-20(24)19(23)21-10-12-27-3/h4-9,11,14,18H,10,12-13H2,1-3H3,(H,21,23)(H,22,24)/t18-/m0/s1. The summed E-state index contributed by atoms with van der Waals surface area (Å²) in [6.45, 7) is 4.16. The van der Waals surface area contributed by atoms with Crippen LogP contribution < -0.4 is 10.6 Å². The summed E-state index contributed by atoms with van der Waals surface area (Å²) in [4.78, 5) is 23.9. The highest BCUT2D eigenvalue weighted by atomic mass is 32.2. The van der Waals surface area contributed by atoms with Crippen LogP contribution in [0.1, 0.15) is 36.3 Å². The quantitative estimate of drug-likeness (QED) is 0.470. The number of methoxy groups -OCH3 is 1. The smallest absolute Gasteiger partial charge is 0.309 e. The first-order valence-electron chi connectivity index (χ1n) is 9.19. The molecule has 0 radical (unpaired) electrons. The number of ether oxygens (including phenoxy) is 1. The van der Waals surface area contributed by atoms with Crippen molar-refractivity contribution in [2.75, 3.05) is 26.8 Å². The lowest BCUT2D eigenvalue weighted by Crippen LogP contribution is -2.43. The van der Waals surface area contributed by atoms with Gasteiger partial charge in [-0.2, -0.15) is 0 Å². The van der Waals surface area contributed by atoms with Crippen molar-refractivity contribution in [2.24, 2.45) is 0 Å². The molecule has 158 valence electrons. The molecule has 0 aliphatic rings. The maximum Gasteiger partial charge on any atom is 0.309 e. The summed E-state index contributed by atoms with van der Waals surface area (Å²) < 4.78 is 36.4. The zero-order chi connectivity index (χ0) is 21.4.